The van der Waals surface area contributed by atoms with Crippen LogP contribution in [0.15, 0.2) is 86.5 Å². The van der Waals surface area contributed by atoms with Gasteiger partial charge in [0.05, 0.1) is 9.92 Å². The molecule has 0 aliphatic carbocycles. The van der Waals surface area contributed by atoms with Crippen molar-refractivity contribution in [3.05, 3.63) is 94.4 Å². The van der Waals surface area contributed by atoms with Crippen molar-refractivity contribution in [3.8, 4) is 22.6 Å². The highest BCUT2D eigenvalue weighted by atomic mass is 35.5. The third-order valence-corrected chi connectivity index (χ3v) is 6.02. The quantitative estimate of drug-likeness (QED) is 0.263. The summed E-state index contributed by atoms with van der Waals surface area (Å²) in [5.41, 5.74) is 1.29. The van der Waals surface area contributed by atoms with Crippen molar-refractivity contribution in [2.75, 3.05) is 0 Å². The van der Waals surface area contributed by atoms with Gasteiger partial charge in [-0.05, 0) is 78.9 Å². The van der Waals surface area contributed by atoms with E-state index >= 15 is 0 Å². The molecule has 2 aromatic heterocycles. The summed E-state index contributed by atoms with van der Waals surface area (Å²) < 4.78 is 34.1. The van der Waals surface area contributed by atoms with E-state index < -0.39 is 10.0 Å². The Kier molecular flexibility index (Phi) is 6.08. The summed E-state index contributed by atoms with van der Waals surface area (Å²) in [5.74, 6) is 1.20. The Bertz CT molecular complexity index is 1430. The Balaban J connectivity index is 1.48. The minimum atomic E-state index is -3.76. The molecule has 0 spiro atoms. The summed E-state index contributed by atoms with van der Waals surface area (Å²) in [5, 5.41) is 6.02. The highest BCUT2D eigenvalue weighted by Gasteiger charge is 2.13. The van der Waals surface area contributed by atoms with Gasteiger partial charge in [-0.25, -0.2) is 13.6 Å². The van der Waals surface area contributed by atoms with Crippen molar-refractivity contribution in [2.45, 2.75) is 4.90 Å². The van der Waals surface area contributed by atoms with Gasteiger partial charge in [-0.2, -0.15) is 0 Å². The van der Waals surface area contributed by atoms with Crippen LogP contribution in [0.2, 0.25) is 10.0 Å². The number of hydrogen-bond acceptors (Lipinski definition) is 5. The molecule has 162 valence electrons. The number of carbonyl (C=O) groups excluding carboxylic acids is 1. The zero-order chi connectivity index (χ0) is 22.9. The Morgan fingerprint density at radius 1 is 0.875 bits per heavy atom. The second-order valence-electron chi connectivity index (χ2n) is 6.76. The molecule has 9 heteroatoms. The number of sulfonamides is 1. The monoisotopic (exact) mass is 487 g/mol. The number of rotatable bonds is 6. The second-order valence-corrected chi connectivity index (χ2v) is 9.16. The van der Waals surface area contributed by atoms with Crippen molar-refractivity contribution in [2.24, 2.45) is 5.14 Å². The molecule has 4 aromatic rings. The van der Waals surface area contributed by atoms with Gasteiger partial charge in [-0.3, -0.25) is 4.79 Å². The predicted octanol–water partition coefficient (Wildman–Crippen LogP) is 6.06. The van der Waals surface area contributed by atoms with E-state index in [-0.39, 0.29) is 16.4 Å². The zero-order valence-corrected chi connectivity index (χ0v) is 18.6. The number of allylic oxidation sites excluding steroid dienone is 1. The maximum Gasteiger partial charge on any atom is 0.238 e. The normalized spacial score (nSPS) is 11.8. The summed E-state index contributed by atoms with van der Waals surface area (Å²) in [6, 6.07) is 17.6. The van der Waals surface area contributed by atoms with Crippen LogP contribution in [0.1, 0.15) is 16.3 Å². The van der Waals surface area contributed by atoms with Crippen LogP contribution in [0, 0.1) is 0 Å². The molecular formula is C23H15Cl2NO5S. The molecule has 2 heterocycles. The van der Waals surface area contributed by atoms with E-state index in [1.807, 2.05) is 0 Å². The van der Waals surface area contributed by atoms with Crippen molar-refractivity contribution in [1.29, 1.82) is 0 Å². The number of hydrogen-bond donors (Lipinski definition) is 1. The summed E-state index contributed by atoms with van der Waals surface area (Å²) in [6.07, 6.45) is 2.85. The first-order valence-corrected chi connectivity index (χ1v) is 11.5. The molecule has 0 saturated carbocycles. The molecule has 2 aromatic carbocycles. The maximum absolute atomic E-state index is 12.5. The first-order valence-electron chi connectivity index (χ1n) is 9.21. The molecule has 0 atom stereocenters. The van der Waals surface area contributed by atoms with Gasteiger partial charge >= 0.3 is 0 Å². The lowest BCUT2D eigenvalue weighted by atomic mass is 10.2. The Labute approximate surface area is 193 Å². The summed E-state index contributed by atoms with van der Waals surface area (Å²) >= 11 is 12.1. The summed E-state index contributed by atoms with van der Waals surface area (Å²) in [6.45, 7) is 0. The fraction of sp³-hybridized carbons (Fsp3) is 0. The van der Waals surface area contributed by atoms with Gasteiger partial charge in [0.2, 0.25) is 15.8 Å². The van der Waals surface area contributed by atoms with Crippen LogP contribution in [0.5, 0.6) is 0 Å². The number of primary sulfonamides is 1. The second kappa shape index (κ2) is 8.80. The van der Waals surface area contributed by atoms with Crippen LogP contribution in [0.4, 0.5) is 0 Å². The summed E-state index contributed by atoms with van der Waals surface area (Å²) in [7, 11) is -3.76. The van der Waals surface area contributed by atoms with Crippen LogP contribution in [-0.2, 0) is 10.0 Å². The van der Waals surface area contributed by atoms with Crippen molar-refractivity contribution in [1.82, 2.24) is 0 Å². The van der Waals surface area contributed by atoms with E-state index in [9.17, 15) is 13.2 Å². The highest BCUT2D eigenvalue weighted by molar-refractivity contribution is 7.89. The Morgan fingerprint density at radius 3 is 2.28 bits per heavy atom. The van der Waals surface area contributed by atoms with Crippen LogP contribution >= 0.6 is 23.2 Å². The molecule has 6 nitrogen and oxygen atoms in total. The molecule has 2 N–H and O–H groups in total. The number of benzene rings is 2. The molecule has 0 fully saturated rings. The lowest BCUT2D eigenvalue weighted by Gasteiger charge is -2.01. The van der Waals surface area contributed by atoms with Crippen molar-refractivity contribution in [3.63, 3.8) is 0 Å². The number of halogens is 2. The van der Waals surface area contributed by atoms with E-state index in [2.05, 4.69) is 0 Å². The Morgan fingerprint density at radius 2 is 1.59 bits per heavy atom. The van der Waals surface area contributed by atoms with Crippen LogP contribution in [0.25, 0.3) is 28.7 Å². The van der Waals surface area contributed by atoms with Gasteiger partial charge in [-0.1, -0.05) is 23.2 Å². The van der Waals surface area contributed by atoms with E-state index in [0.717, 1.165) is 0 Å². The van der Waals surface area contributed by atoms with Gasteiger partial charge < -0.3 is 8.83 Å². The molecule has 0 bridgehead atoms. The van der Waals surface area contributed by atoms with Crippen LogP contribution < -0.4 is 5.14 Å². The summed E-state index contributed by atoms with van der Waals surface area (Å²) in [4.78, 5) is 12.5. The molecule has 0 aliphatic heterocycles. The average Bonchev–Trinajstić information content (AvgIpc) is 3.42. The fourth-order valence-electron chi connectivity index (χ4n) is 2.95. The molecule has 0 radical (unpaired) electrons. The lowest BCUT2D eigenvalue weighted by molar-refractivity contribution is 0.102. The number of furan rings is 2. The molecule has 4 rings (SSSR count). The molecule has 0 amide bonds. The zero-order valence-electron chi connectivity index (χ0n) is 16.3. The van der Waals surface area contributed by atoms with Gasteiger partial charge in [0.25, 0.3) is 0 Å². The molecular weight excluding hydrogens is 473 g/mol. The number of nitrogens with two attached hydrogens (primary N) is 1. The molecule has 0 saturated heterocycles. The first kappa shape index (κ1) is 22.1. The SMILES string of the molecule is NS(=O)(=O)c1ccc(-c2ccc(/C=C/C(=O)c3ccc(-c4ccc(Cl)cc4Cl)o3)o2)cc1. The third kappa shape index (κ3) is 4.87. The van der Waals surface area contributed by atoms with E-state index in [1.165, 1.54) is 24.3 Å². The van der Waals surface area contributed by atoms with Gasteiger partial charge in [0.1, 0.15) is 17.3 Å². The molecule has 32 heavy (non-hydrogen) atoms. The number of ketones is 1. The largest absolute Gasteiger partial charge is 0.457 e. The molecule has 0 unspecified atom stereocenters. The smallest absolute Gasteiger partial charge is 0.238 e. The minimum Gasteiger partial charge on any atom is -0.457 e. The lowest BCUT2D eigenvalue weighted by Crippen LogP contribution is -2.11. The Hall–Kier alpha value is -3.10. The molecule has 0 aliphatic rings. The van der Waals surface area contributed by atoms with Crippen molar-refractivity contribution < 1.29 is 22.0 Å². The average molecular weight is 488 g/mol. The van der Waals surface area contributed by atoms with E-state index in [1.54, 1.807) is 54.6 Å². The van der Waals surface area contributed by atoms with Gasteiger partial charge in [-0.15, -0.1) is 0 Å². The van der Waals surface area contributed by atoms with Gasteiger partial charge in [0, 0.05) is 16.1 Å². The maximum atomic E-state index is 12.5. The first-order chi connectivity index (χ1) is 15.2. The van der Waals surface area contributed by atoms with E-state index in [4.69, 9.17) is 37.2 Å². The van der Waals surface area contributed by atoms with Crippen molar-refractivity contribution >= 4 is 45.1 Å². The fourth-order valence-corrected chi connectivity index (χ4v) is 3.97. The number of carbonyl (C=O) groups is 1. The predicted molar refractivity (Wildman–Crippen MR) is 123 cm³/mol. The van der Waals surface area contributed by atoms with Gasteiger partial charge in [0.15, 0.2) is 5.76 Å². The minimum absolute atomic E-state index is 0.0104. The third-order valence-electron chi connectivity index (χ3n) is 4.54. The standard InChI is InChI=1S/C23H15Cl2NO5S/c24-15-3-8-18(19(25)13-15)22-11-12-23(31-22)20(27)9-4-16-5-10-21(30-16)14-1-6-17(7-2-14)32(26,28)29/h1-13H,(H2,26,28,29)/b9-4+. The van der Waals surface area contributed by atoms with E-state index in [0.29, 0.717) is 38.5 Å². The van der Waals surface area contributed by atoms with Crippen LogP contribution in [-0.4, -0.2) is 14.2 Å². The highest BCUT2D eigenvalue weighted by Crippen LogP contribution is 2.32. The topological polar surface area (TPSA) is 104 Å². The van der Waals surface area contributed by atoms with Crippen LogP contribution in [0.3, 0.4) is 0 Å².